The first-order valence-corrected chi connectivity index (χ1v) is 3.78. The largest absolute Gasteiger partial charge is 0.326 e. The molecule has 0 aromatic heterocycles. The molecule has 0 radical (unpaired) electrons. The van der Waals surface area contributed by atoms with Crippen molar-refractivity contribution >= 4 is 11.6 Å². The molecule has 1 aromatic carbocycles. The Balaban J connectivity index is 2.60. The van der Waals surface area contributed by atoms with Gasteiger partial charge in [-0.1, -0.05) is 11.2 Å². The van der Waals surface area contributed by atoms with Crippen LogP contribution in [0.2, 0.25) is 0 Å². The molecule has 0 heterocycles. The minimum absolute atomic E-state index is 0.299. The first-order valence-electron chi connectivity index (χ1n) is 3.78. The zero-order valence-electron chi connectivity index (χ0n) is 7.14. The van der Waals surface area contributed by atoms with Crippen LogP contribution in [0.5, 0.6) is 0 Å². The number of rotatable bonds is 3. The lowest BCUT2D eigenvalue weighted by molar-refractivity contribution is -0.114. The van der Waals surface area contributed by atoms with Crippen LogP contribution in [-0.2, 0) is 4.79 Å². The Morgan fingerprint density at radius 2 is 2.43 bits per heavy atom. The van der Waals surface area contributed by atoms with E-state index in [1.54, 1.807) is 0 Å². The molecule has 1 rings (SSSR count). The average molecular weight is 194 g/mol. The molecular formula is C8H7FN4O. The predicted molar refractivity (Wildman–Crippen MR) is 49.0 cm³/mol. The fourth-order valence-corrected chi connectivity index (χ4v) is 0.863. The van der Waals surface area contributed by atoms with E-state index in [1.165, 1.54) is 24.3 Å². The van der Waals surface area contributed by atoms with Crippen molar-refractivity contribution in [2.45, 2.75) is 0 Å². The van der Waals surface area contributed by atoms with Crippen LogP contribution in [0, 0.1) is 5.82 Å². The third kappa shape index (κ3) is 3.12. The van der Waals surface area contributed by atoms with Crippen molar-refractivity contribution in [1.82, 2.24) is 0 Å². The molecule has 0 saturated carbocycles. The topological polar surface area (TPSA) is 77.9 Å². The molecule has 0 saturated heterocycles. The highest BCUT2D eigenvalue weighted by Crippen LogP contribution is 2.08. The van der Waals surface area contributed by atoms with Gasteiger partial charge in [-0.15, -0.1) is 0 Å². The fourth-order valence-electron chi connectivity index (χ4n) is 0.863. The van der Waals surface area contributed by atoms with E-state index in [-0.39, 0.29) is 6.54 Å². The van der Waals surface area contributed by atoms with Crippen molar-refractivity contribution in [3.8, 4) is 0 Å². The van der Waals surface area contributed by atoms with Crippen LogP contribution in [0.4, 0.5) is 10.1 Å². The van der Waals surface area contributed by atoms with Crippen molar-refractivity contribution in [3.63, 3.8) is 0 Å². The molecule has 0 aliphatic rings. The number of anilines is 1. The molecule has 0 unspecified atom stereocenters. The van der Waals surface area contributed by atoms with E-state index in [0.717, 1.165) is 0 Å². The summed E-state index contributed by atoms with van der Waals surface area (Å²) in [5.41, 5.74) is 8.28. The SMILES string of the molecule is [N-]=[N+]=NCC(=O)Nc1cccc(F)c1. The molecule has 0 bridgehead atoms. The summed E-state index contributed by atoms with van der Waals surface area (Å²) >= 11 is 0. The molecule has 1 amide bonds. The molecular weight excluding hydrogens is 187 g/mol. The molecule has 0 atom stereocenters. The van der Waals surface area contributed by atoms with E-state index in [1.807, 2.05) is 0 Å². The van der Waals surface area contributed by atoms with Gasteiger partial charge in [0.25, 0.3) is 0 Å². The normalized spacial score (nSPS) is 8.93. The zero-order valence-corrected chi connectivity index (χ0v) is 7.14. The quantitative estimate of drug-likeness (QED) is 0.446. The van der Waals surface area contributed by atoms with Gasteiger partial charge in [-0.05, 0) is 23.7 Å². The van der Waals surface area contributed by atoms with Crippen LogP contribution in [0.1, 0.15) is 0 Å². The smallest absolute Gasteiger partial charge is 0.230 e. The monoisotopic (exact) mass is 194 g/mol. The van der Waals surface area contributed by atoms with Crippen molar-refractivity contribution in [3.05, 3.63) is 40.5 Å². The number of nitrogens with zero attached hydrogens (tertiary/aromatic N) is 3. The first kappa shape index (κ1) is 10.0. The van der Waals surface area contributed by atoms with Gasteiger partial charge in [0, 0.05) is 10.6 Å². The summed E-state index contributed by atoms with van der Waals surface area (Å²) in [6.07, 6.45) is 0. The number of azide groups is 1. The second kappa shape index (κ2) is 4.84. The number of amides is 1. The Bertz CT molecular complexity index is 387. The Labute approximate surface area is 79.2 Å². The molecule has 0 fully saturated rings. The highest BCUT2D eigenvalue weighted by molar-refractivity contribution is 5.92. The van der Waals surface area contributed by atoms with Crippen molar-refractivity contribution in [2.24, 2.45) is 5.11 Å². The number of benzene rings is 1. The standard InChI is InChI=1S/C8H7FN4O/c9-6-2-1-3-7(4-6)12-8(14)5-11-13-10/h1-4H,5H2,(H,12,14). The Hall–Kier alpha value is -2.07. The molecule has 1 N–H and O–H groups in total. The number of hydrogen-bond donors (Lipinski definition) is 1. The predicted octanol–water partition coefficient (Wildman–Crippen LogP) is 2.07. The van der Waals surface area contributed by atoms with E-state index in [2.05, 4.69) is 15.3 Å². The second-order valence-electron chi connectivity index (χ2n) is 2.45. The van der Waals surface area contributed by atoms with Crippen LogP contribution >= 0.6 is 0 Å². The summed E-state index contributed by atoms with van der Waals surface area (Å²) in [7, 11) is 0. The minimum atomic E-state index is -0.478. The molecule has 14 heavy (non-hydrogen) atoms. The van der Waals surface area contributed by atoms with Crippen molar-refractivity contribution in [2.75, 3.05) is 11.9 Å². The van der Waals surface area contributed by atoms with Gasteiger partial charge in [0.05, 0.1) is 0 Å². The minimum Gasteiger partial charge on any atom is -0.326 e. The summed E-state index contributed by atoms with van der Waals surface area (Å²) in [6.45, 7) is -0.299. The van der Waals surface area contributed by atoms with Crippen LogP contribution in [0.15, 0.2) is 29.4 Å². The van der Waals surface area contributed by atoms with Crippen LogP contribution in [0.25, 0.3) is 10.4 Å². The van der Waals surface area contributed by atoms with Gasteiger partial charge < -0.3 is 5.32 Å². The summed E-state index contributed by atoms with van der Waals surface area (Å²) in [5.74, 6) is -0.917. The summed E-state index contributed by atoms with van der Waals surface area (Å²) in [4.78, 5) is 13.4. The van der Waals surface area contributed by atoms with Gasteiger partial charge in [0.1, 0.15) is 12.4 Å². The average Bonchev–Trinajstić information content (AvgIpc) is 2.15. The summed E-state index contributed by atoms with van der Waals surface area (Å²) in [5, 5.41) is 5.44. The first-order chi connectivity index (χ1) is 6.72. The number of carbonyl (C=O) groups excluding carboxylic acids is 1. The Morgan fingerprint density at radius 1 is 1.64 bits per heavy atom. The van der Waals surface area contributed by atoms with Crippen molar-refractivity contribution in [1.29, 1.82) is 0 Å². The van der Waals surface area contributed by atoms with Gasteiger partial charge in [-0.3, -0.25) is 4.79 Å². The summed E-state index contributed by atoms with van der Waals surface area (Å²) in [6, 6.07) is 5.45. The third-order valence-corrected chi connectivity index (χ3v) is 1.39. The lowest BCUT2D eigenvalue weighted by atomic mass is 10.3. The Kier molecular flexibility index (Phi) is 3.46. The van der Waals surface area contributed by atoms with E-state index in [4.69, 9.17) is 5.53 Å². The van der Waals surface area contributed by atoms with E-state index < -0.39 is 11.7 Å². The van der Waals surface area contributed by atoms with Crippen molar-refractivity contribution < 1.29 is 9.18 Å². The Morgan fingerprint density at radius 3 is 3.07 bits per heavy atom. The van der Waals surface area contributed by atoms with Crippen LogP contribution in [0.3, 0.4) is 0 Å². The molecule has 0 spiro atoms. The van der Waals surface area contributed by atoms with Gasteiger partial charge in [-0.2, -0.15) is 0 Å². The van der Waals surface area contributed by atoms with E-state index in [0.29, 0.717) is 5.69 Å². The molecule has 0 aliphatic carbocycles. The highest BCUT2D eigenvalue weighted by atomic mass is 19.1. The maximum Gasteiger partial charge on any atom is 0.230 e. The summed E-state index contributed by atoms with van der Waals surface area (Å²) < 4.78 is 12.6. The van der Waals surface area contributed by atoms with E-state index >= 15 is 0 Å². The zero-order chi connectivity index (χ0) is 10.4. The highest BCUT2D eigenvalue weighted by Gasteiger charge is 2.00. The number of halogens is 1. The third-order valence-electron chi connectivity index (χ3n) is 1.39. The van der Waals surface area contributed by atoms with Crippen LogP contribution in [-0.4, -0.2) is 12.5 Å². The van der Waals surface area contributed by atoms with Gasteiger partial charge in [0.15, 0.2) is 0 Å². The molecule has 6 heteroatoms. The van der Waals surface area contributed by atoms with Crippen LogP contribution < -0.4 is 5.32 Å². The number of nitrogens with one attached hydrogen (secondary N) is 1. The maximum absolute atomic E-state index is 12.6. The second-order valence-corrected chi connectivity index (χ2v) is 2.45. The molecule has 72 valence electrons. The molecule has 1 aromatic rings. The maximum atomic E-state index is 12.6. The van der Waals surface area contributed by atoms with E-state index in [9.17, 15) is 9.18 Å². The molecule has 0 aliphatic heterocycles. The number of carbonyl (C=O) groups is 1. The lowest BCUT2D eigenvalue weighted by Gasteiger charge is -2.01. The van der Waals surface area contributed by atoms with Gasteiger partial charge >= 0.3 is 0 Å². The number of hydrogen-bond acceptors (Lipinski definition) is 2. The van der Waals surface area contributed by atoms with Gasteiger partial charge in [-0.25, -0.2) is 4.39 Å². The lowest BCUT2D eigenvalue weighted by Crippen LogP contribution is -2.14. The molecule has 5 nitrogen and oxygen atoms in total. The van der Waals surface area contributed by atoms with Gasteiger partial charge in [0.2, 0.25) is 5.91 Å². The fraction of sp³-hybridized carbons (Fsp3) is 0.125.